The van der Waals surface area contributed by atoms with Crippen LogP contribution in [0.15, 0.2) is 12.1 Å². The predicted molar refractivity (Wildman–Crippen MR) is 59.9 cm³/mol. The van der Waals surface area contributed by atoms with Gasteiger partial charge in [-0.1, -0.05) is 0 Å². The second kappa shape index (κ2) is 4.04. The number of aromatic hydroxyl groups is 1. The number of carbonyl (C=O) groups is 1. The van der Waals surface area contributed by atoms with Gasteiger partial charge in [-0.15, -0.1) is 0 Å². The molecule has 16 heavy (non-hydrogen) atoms. The molecule has 2 N–H and O–H groups in total. The highest BCUT2D eigenvalue weighted by atomic mass is 16.5. The molecule has 4 nitrogen and oxygen atoms in total. The number of hydrogen-bond acceptors (Lipinski definition) is 3. The Balaban J connectivity index is 3.07. The van der Waals surface area contributed by atoms with Crippen LogP contribution < -0.4 is 4.74 Å². The summed E-state index contributed by atoms with van der Waals surface area (Å²) in [5, 5.41) is 18.4. The summed E-state index contributed by atoms with van der Waals surface area (Å²) in [5.41, 5.74) is 0.0768. The minimum absolute atomic E-state index is 0.179. The number of aryl methyl sites for hydroxylation is 2. The van der Waals surface area contributed by atoms with Gasteiger partial charge in [0.15, 0.2) is 5.60 Å². The van der Waals surface area contributed by atoms with E-state index in [1.54, 1.807) is 26.0 Å². The van der Waals surface area contributed by atoms with Crippen molar-refractivity contribution in [1.29, 1.82) is 0 Å². The average Bonchev–Trinajstić information content (AvgIpc) is 2.13. The molecule has 0 aliphatic rings. The van der Waals surface area contributed by atoms with Gasteiger partial charge in [-0.25, -0.2) is 4.79 Å². The number of ether oxygens (including phenoxy) is 1. The van der Waals surface area contributed by atoms with Crippen molar-refractivity contribution in [2.75, 3.05) is 0 Å². The third-order valence-corrected chi connectivity index (χ3v) is 2.37. The Morgan fingerprint density at radius 3 is 2.31 bits per heavy atom. The maximum absolute atomic E-state index is 10.9. The summed E-state index contributed by atoms with van der Waals surface area (Å²) in [6, 6.07) is 3.19. The van der Waals surface area contributed by atoms with Crippen LogP contribution in [0.1, 0.15) is 25.0 Å². The molecule has 1 aromatic rings. The van der Waals surface area contributed by atoms with Gasteiger partial charge in [0.1, 0.15) is 11.5 Å². The van der Waals surface area contributed by atoms with Gasteiger partial charge in [-0.05, 0) is 51.0 Å². The monoisotopic (exact) mass is 224 g/mol. The number of aliphatic carboxylic acids is 1. The number of hydrogen-bond donors (Lipinski definition) is 2. The average molecular weight is 224 g/mol. The quantitative estimate of drug-likeness (QED) is 0.826. The topological polar surface area (TPSA) is 66.8 Å². The van der Waals surface area contributed by atoms with E-state index in [1.807, 2.05) is 0 Å². The Hall–Kier alpha value is -1.71. The second-order valence-corrected chi connectivity index (χ2v) is 4.32. The lowest BCUT2D eigenvalue weighted by Crippen LogP contribution is -2.38. The molecule has 0 bridgehead atoms. The first-order chi connectivity index (χ1) is 7.24. The van der Waals surface area contributed by atoms with Gasteiger partial charge in [0.2, 0.25) is 0 Å². The highest BCUT2D eigenvalue weighted by Gasteiger charge is 2.30. The first kappa shape index (κ1) is 12.4. The van der Waals surface area contributed by atoms with E-state index in [-0.39, 0.29) is 5.75 Å². The zero-order valence-electron chi connectivity index (χ0n) is 9.87. The van der Waals surface area contributed by atoms with Crippen LogP contribution in [0.4, 0.5) is 0 Å². The van der Waals surface area contributed by atoms with E-state index in [1.165, 1.54) is 13.8 Å². The van der Waals surface area contributed by atoms with Crippen molar-refractivity contribution in [3.05, 3.63) is 23.3 Å². The number of phenols is 1. The summed E-state index contributed by atoms with van der Waals surface area (Å²) in [4.78, 5) is 10.9. The van der Waals surface area contributed by atoms with Gasteiger partial charge < -0.3 is 14.9 Å². The third-order valence-electron chi connectivity index (χ3n) is 2.37. The maximum atomic E-state index is 10.9. The fourth-order valence-corrected chi connectivity index (χ4v) is 1.20. The Morgan fingerprint density at radius 1 is 1.25 bits per heavy atom. The van der Waals surface area contributed by atoms with E-state index in [4.69, 9.17) is 9.84 Å². The number of phenolic OH excluding ortho intramolecular Hbond substituents is 1. The summed E-state index contributed by atoms with van der Waals surface area (Å²) in [7, 11) is 0. The van der Waals surface area contributed by atoms with Crippen LogP contribution in [0.25, 0.3) is 0 Å². The highest BCUT2D eigenvalue weighted by molar-refractivity contribution is 5.76. The van der Waals surface area contributed by atoms with Crippen molar-refractivity contribution >= 4 is 5.97 Å². The SMILES string of the molecule is Cc1cc(OC(C)(C)C(=O)O)c(C)cc1O. The van der Waals surface area contributed by atoms with Crippen LogP contribution in [-0.2, 0) is 4.79 Å². The standard InChI is InChI=1S/C12H16O4/c1-7-6-10(8(2)5-9(7)13)16-12(3,4)11(14)15/h5-6,13H,1-4H3,(H,14,15). The number of carboxylic acid groups (broad SMARTS) is 1. The molecule has 0 saturated carbocycles. The predicted octanol–water partition coefficient (Wildman–Crippen LogP) is 2.25. The summed E-state index contributed by atoms with van der Waals surface area (Å²) in [5.74, 6) is -0.377. The zero-order chi connectivity index (χ0) is 12.5. The molecule has 88 valence electrons. The Morgan fingerprint density at radius 2 is 1.81 bits per heavy atom. The number of benzene rings is 1. The number of rotatable bonds is 3. The third kappa shape index (κ3) is 2.45. The molecule has 0 spiro atoms. The highest BCUT2D eigenvalue weighted by Crippen LogP contribution is 2.29. The van der Waals surface area contributed by atoms with Gasteiger partial charge in [-0.2, -0.15) is 0 Å². The van der Waals surface area contributed by atoms with Gasteiger partial charge in [0, 0.05) is 0 Å². The Labute approximate surface area is 94.5 Å². The molecule has 0 aromatic heterocycles. The minimum Gasteiger partial charge on any atom is -0.508 e. The van der Waals surface area contributed by atoms with Crippen molar-refractivity contribution in [3.8, 4) is 11.5 Å². The van der Waals surface area contributed by atoms with Crippen LogP contribution in [0.3, 0.4) is 0 Å². The summed E-state index contributed by atoms with van der Waals surface area (Å²) >= 11 is 0. The zero-order valence-corrected chi connectivity index (χ0v) is 9.87. The molecule has 1 aromatic carbocycles. The molecule has 0 fully saturated rings. The van der Waals surface area contributed by atoms with Crippen molar-refractivity contribution in [2.45, 2.75) is 33.3 Å². The fourth-order valence-electron chi connectivity index (χ4n) is 1.20. The molecule has 0 unspecified atom stereocenters. The lowest BCUT2D eigenvalue weighted by atomic mass is 10.1. The maximum Gasteiger partial charge on any atom is 0.347 e. The number of carboxylic acids is 1. The Bertz CT molecular complexity index is 421. The van der Waals surface area contributed by atoms with E-state index < -0.39 is 11.6 Å². The molecule has 0 aliphatic carbocycles. The van der Waals surface area contributed by atoms with Gasteiger partial charge in [0.25, 0.3) is 0 Å². The first-order valence-corrected chi connectivity index (χ1v) is 4.96. The smallest absolute Gasteiger partial charge is 0.347 e. The molecule has 0 radical (unpaired) electrons. The summed E-state index contributed by atoms with van der Waals surface area (Å²) in [6.07, 6.45) is 0. The fraction of sp³-hybridized carbons (Fsp3) is 0.417. The van der Waals surface area contributed by atoms with Crippen LogP contribution in [-0.4, -0.2) is 21.8 Å². The molecular weight excluding hydrogens is 208 g/mol. The van der Waals surface area contributed by atoms with Crippen molar-refractivity contribution in [3.63, 3.8) is 0 Å². The summed E-state index contributed by atoms with van der Waals surface area (Å²) < 4.78 is 5.42. The van der Waals surface area contributed by atoms with E-state index in [2.05, 4.69) is 0 Å². The largest absolute Gasteiger partial charge is 0.508 e. The summed E-state index contributed by atoms with van der Waals surface area (Å²) in [6.45, 7) is 6.45. The molecule has 0 atom stereocenters. The lowest BCUT2D eigenvalue weighted by molar-refractivity contribution is -0.152. The molecule has 1 rings (SSSR count). The molecule has 4 heteroatoms. The van der Waals surface area contributed by atoms with Gasteiger partial charge in [-0.3, -0.25) is 0 Å². The van der Waals surface area contributed by atoms with E-state index in [0.29, 0.717) is 16.9 Å². The van der Waals surface area contributed by atoms with E-state index in [0.717, 1.165) is 0 Å². The molecule has 0 aliphatic heterocycles. The normalized spacial score (nSPS) is 11.2. The second-order valence-electron chi connectivity index (χ2n) is 4.32. The van der Waals surface area contributed by atoms with Gasteiger partial charge >= 0.3 is 5.97 Å². The van der Waals surface area contributed by atoms with Crippen LogP contribution in [0, 0.1) is 13.8 Å². The minimum atomic E-state index is -1.28. The first-order valence-electron chi connectivity index (χ1n) is 4.96. The lowest BCUT2D eigenvalue weighted by Gasteiger charge is -2.23. The Kier molecular flexibility index (Phi) is 3.12. The molecule has 0 amide bonds. The van der Waals surface area contributed by atoms with Crippen molar-refractivity contribution in [2.24, 2.45) is 0 Å². The van der Waals surface area contributed by atoms with Gasteiger partial charge in [0.05, 0.1) is 0 Å². The van der Waals surface area contributed by atoms with Crippen molar-refractivity contribution < 1.29 is 19.7 Å². The van der Waals surface area contributed by atoms with Crippen molar-refractivity contribution in [1.82, 2.24) is 0 Å². The molecule has 0 heterocycles. The van der Waals surface area contributed by atoms with Crippen LogP contribution in [0.2, 0.25) is 0 Å². The van der Waals surface area contributed by atoms with Crippen LogP contribution in [0.5, 0.6) is 11.5 Å². The van der Waals surface area contributed by atoms with E-state index >= 15 is 0 Å². The van der Waals surface area contributed by atoms with E-state index in [9.17, 15) is 9.90 Å². The molecule has 0 saturated heterocycles. The molecular formula is C12H16O4. The van der Waals surface area contributed by atoms with Crippen LogP contribution >= 0.6 is 0 Å².